The molecule has 0 amide bonds. The second-order valence-electron chi connectivity index (χ2n) is 13.0. The molecule has 0 aliphatic heterocycles. The Balaban J connectivity index is 1.18. The maximum absolute atomic E-state index is 6.52. The average molecular weight is 670 g/mol. The third-order valence-electron chi connectivity index (χ3n) is 10.2. The number of para-hydroxylation sites is 2. The lowest BCUT2D eigenvalue weighted by Gasteiger charge is -2.47. The standard InChI is InChI=1S/C46H31N3OSi/c1-4-16-33(17-5-1)51(34-18-6-2-7-19-34,35-20-8-3-9-21-35)36-22-14-15-32(31-36)40-29-30-47-46(48-40)49-41-25-12-10-24-39(41)44-42(49)28-27-38-37-23-11-13-26-43(37)50-45(38)44/h1-31H/q-1. The Bertz CT molecular complexity index is 2760. The molecule has 10 aromatic rings. The number of furan rings is 1. The molecule has 0 fully saturated rings. The number of fused-ring (bicyclic) bond motifs is 7. The third kappa shape index (κ3) is 4.52. The summed E-state index contributed by atoms with van der Waals surface area (Å²) < 4.78 is 8.69. The van der Waals surface area contributed by atoms with Gasteiger partial charge in [0.15, 0.2) is 0 Å². The zero-order chi connectivity index (χ0) is 33.8. The molecule has 241 valence electrons. The highest BCUT2D eigenvalue weighted by Crippen LogP contribution is 2.40. The highest BCUT2D eigenvalue weighted by molar-refractivity contribution is 7.19. The fourth-order valence-electron chi connectivity index (χ4n) is 8.04. The van der Waals surface area contributed by atoms with E-state index in [-0.39, 0.29) is 0 Å². The van der Waals surface area contributed by atoms with E-state index in [4.69, 9.17) is 14.4 Å². The second kappa shape index (κ2) is 11.8. The Hall–Kier alpha value is -6.56. The van der Waals surface area contributed by atoms with Crippen molar-refractivity contribution in [1.29, 1.82) is 0 Å². The molecule has 0 aliphatic carbocycles. The molecule has 4 nitrogen and oxygen atoms in total. The van der Waals surface area contributed by atoms with Crippen LogP contribution < -0.4 is 20.7 Å². The lowest BCUT2D eigenvalue weighted by molar-refractivity contribution is 0.673. The lowest BCUT2D eigenvalue weighted by Crippen LogP contribution is -2.74. The maximum Gasteiger partial charge on any atom is 0.235 e. The van der Waals surface area contributed by atoms with E-state index < -0.39 is 8.07 Å². The maximum atomic E-state index is 6.52. The van der Waals surface area contributed by atoms with Gasteiger partial charge < -0.3 is 4.42 Å². The van der Waals surface area contributed by atoms with E-state index in [1.165, 1.54) is 20.7 Å². The molecule has 0 saturated carbocycles. The summed E-state index contributed by atoms with van der Waals surface area (Å²) in [5.74, 6) is 0.622. The molecule has 0 aliphatic rings. The fraction of sp³-hybridized carbons (Fsp3) is 0. The molecule has 0 bridgehead atoms. The van der Waals surface area contributed by atoms with E-state index in [9.17, 15) is 0 Å². The predicted molar refractivity (Wildman–Crippen MR) is 213 cm³/mol. The quantitative estimate of drug-likeness (QED) is 0.132. The molecule has 3 aromatic heterocycles. The molecule has 0 atom stereocenters. The van der Waals surface area contributed by atoms with Gasteiger partial charge in [0.05, 0.1) is 22.1 Å². The van der Waals surface area contributed by atoms with E-state index >= 15 is 0 Å². The van der Waals surface area contributed by atoms with Gasteiger partial charge in [-0.3, -0.25) is 4.57 Å². The summed E-state index contributed by atoms with van der Waals surface area (Å²) in [5.41, 5.74) is 5.74. The predicted octanol–water partition coefficient (Wildman–Crippen LogP) is 8.52. The van der Waals surface area contributed by atoms with Crippen LogP contribution in [0.3, 0.4) is 0 Å². The van der Waals surface area contributed by atoms with Crippen molar-refractivity contribution in [3.05, 3.63) is 188 Å². The highest BCUT2D eigenvalue weighted by Gasteiger charge is 2.28. The molecular formula is C46H31N3OSi-. The van der Waals surface area contributed by atoms with Crippen molar-refractivity contribution in [1.82, 2.24) is 14.5 Å². The zero-order valence-electron chi connectivity index (χ0n) is 27.6. The molecule has 5 heteroatoms. The Morgan fingerprint density at radius 2 is 1.08 bits per heavy atom. The molecule has 7 aromatic carbocycles. The van der Waals surface area contributed by atoms with Crippen molar-refractivity contribution in [2.45, 2.75) is 0 Å². The van der Waals surface area contributed by atoms with Crippen LogP contribution in [0.2, 0.25) is 0 Å². The van der Waals surface area contributed by atoms with Crippen molar-refractivity contribution >= 4 is 72.6 Å². The summed E-state index contributed by atoms with van der Waals surface area (Å²) in [6.07, 6.45) is 1.88. The van der Waals surface area contributed by atoms with Crippen LogP contribution in [-0.4, -0.2) is 22.6 Å². The van der Waals surface area contributed by atoms with Crippen molar-refractivity contribution in [3.8, 4) is 17.2 Å². The summed E-state index contributed by atoms with van der Waals surface area (Å²) in [5, 5.41) is 9.71. The summed E-state index contributed by atoms with van der Waals surface area (Å²) in [6, 6.07) is 65.1. The first-order chi connectivity index (χ1) is 25.3. The topological polar surface area (TPSA) is 43.9 Å². The van der Waals surface area contributed by atoms with E-state index in [0.717, 1.165) is 55.0 Å². The lowest BCUT2D eigenvalue weighted by atomic mass is 10.1. The van der Waals surface area contributed by atoms with Gasteiger partial charge in [0.1, 0.15) is 11.2 Å². The minimum atomic E-state index is -2.70. The number of nitrogens with zero attached hydrogens (tertiary/aromatic N) is 3. The minimum Gasteiger partial charge on any atom is -0.455 e. The summed E-state index contributed by atoms with van der Waals surface area (Å²) in [6.45, 7) is 0. The number of hydrogen-bond donors (Lipinski definition) is 0. The van der Waals surface area contributed by atoms with E-state index in [0.29, 0.717) is 5.95 Å². The Morgan fingerprint density at radius 3 is 1.78 bits per heavy atom. The number of rotatable bonds is 6. The third-order valence-corrected chi connectivity index (χ3v) is 15.0. The first kappa shape index (κ1) is 29.4. The van der Waals surface area contributed by atoms with Crippen LogP contribution >= 0.6 is 0 Å². The van der Waals surface area contributed by atoms with Crippen LogP contribution in [0.5, 0.6) is 0 Å². The number of aromatic nitrogens is 3. The van der Waals surface area contributed by atoms with Gasteiger partial charge in [0, 0.05) is 22.4 Å². The summed E-state index contributed by atoms with van der Waals surface area (Å²) >= 11 is 0. The largest absolute Gasteiger partial charge is 0.455 e. The van der Waals surface area contributed by atoms with E-state index in [1.54, 1.807) is 0 Å². The summed E-state index contributed by atoms with van der Waals surface area (Å²) in [4.78, 5) is 10.2. The number of hydrogen-bond acceptors (Lipinski definition) is 3. The highest BCUT2D eigenvalue weighted by atomic mass is 28.3. The minimum absolute atomic E-state index is 0.622. The van der Waals surface area contributed by atoms with Crippen LogP contribution in [-0.2, 0) is 0 Å². The first-order valence-electron chi connectivity index (χ1n) is 17.2. The summed E-state index contributed by atoms with van der Waals surface area (Å²) in [7, 11) is -2.70. The zero-order valence-corrected chi connectivity index (χ0v) is 28.6. The normalized spacial score (nSPS) is 11.9. The SMILES string of the molecule is c1ccc([Si-](c2ccccc2)(c2ccccc2)c2cccc(-c3ccnc(-n4c5ccccc5c5c6oc7ccccc7c6ccc54)n3)c2)cc1. The molecule has 3 heterocycles. The molecule has 0 radical (unpaired) electrons. The fourth-order valence-corrected chi connectivity index (χ4v) is 12.8. The smallest absolute Gasteiger partial charge is 0.235 e. The van der Waals surface area contributed by atoms with Crippen molar-refractivity contribution in [2.24, 2.45) is 0 Å². The molecule has 10 rings (SSSR count). The first-order valence-corrected chi connectivity index (χ1v) is 19.2. The number of benzene rings is 7. The monoisotopic (exact) mass is 669 g/mol. The van der Waals surface area contributed by atoms with Gasteiger partial charge in [-0.15, -0.1) is 0 Å². The Kier molecular flexibility index (Phi) is 6.79. The van der Waals surface area contributed by atoms with Crippen LogP contribution in [0.4, 0.5) is 0 Å². The molecule has 0 spiro atoms. The second-order valence-corrected chi connectivity index (χ2v) is 16.8. The van der Waals surface area contributed by atoms with Gasteiger partial charge in [-0.2, -0.15) is 20.7 Å². The van der Waals surface area contributed by atoms with Gasteiger partial charge >= 0.3 is 0 Å². The molecule has 51 heavy (non-hydrogen) atoms. The Labute approximate surface area is 295 Å². The van der Waals surface area contributed by atoms with E-state index in [2.05, 4.69) is 168 Å². The van der Waals surface area contributed by atoms with Crippen LogP contribution in [0.1, 0.15) is 0 Å². The van der Waals surface area contributed by atoms with E-state index in [1.807, 2.05) is 24.4 Å². The van der Waals surface area contributed by atoms with Gasteiger partial charge in [-0.1, -0.05) is 152 Å². The van der Waals surface area contributed by atoms with Crippen molar-refractivity contribution < 1.29 is 4.42 Å². The van der Waals surface area contributed by atoms with Crippen molar-refractivity contribution in [3.63, 3.8) is 0 Å². The van der Waals surface area contributed by atoms with Gasteiger partial charge in [0.2, 0.25) is 5.95 Å². The van der Waals surface area contributed by atoms with Crippen LogP contribution in [0, 0.1) is 0 Å². The molecule has 0 saturated heterocycles. The molecule has 0 N–H and O–H groups in total. The van der Waals surface area contributed by atoms with Gasteiger partial charge in [-0.25, -0.2) is 9.97 Å². The van der Waals surface area contributed by atoms with Crippen LogP contribution in [0.25, 0.3) is 61.0 Å². The average Bonchev–Trinajstić information content (AvgIpc) is 3.76. The van der Waals surface area contributed by atoms with Gasteiger partial charge in [0.25, 0.3) is 0 Å². The van der Waals surface area contributed by atoms with Crippen molar-refractivity contribution in [2.75, 3.05) is 0 Å². The molecule has 0 unspecified atom stereocenters. The molecular weight excluding hydrogens is 639 g/mol. The van der Waals surface area contributed by atoms with Gasteiger partial charge in [-0.05, 0) is 44.0 Å². The Morgan fingerprint density at radius 1 is 0.471 bits per heavy atom. The van der Waals surface area contributed by atoms with Crippen LogP contribution in [0.15, 0.2) is 193 Å².